The average molecular weight is 467 g/mol. The van der Waals surface area contributed by atoms with Gasteiger partial charge in [0.2, 0.25) is 5.91 Å². The molecule has 176 valence electrons. The summed E-state index contributed by atoms with van der Waals surface area (Å²) in [6.45, 7) is 3.58. The van der Waals surface area contributed by atoms with E-state index in [1.165, 1.54) is 11.6 Å². The van der Waals surface area contributed by atoms with Gasteiger partial charge in [-0.05, 0) is 55.7 Å². The van der Waals surface area contributed by atoms with E-state index in [2.05, 4.69) is 49.7 Å². The van der Waals surface area contributed by atoms with Gasteiger partial charge in [0.15, 0.2) is 5.82 Å². The van der Waals surface area contributed by atoms with E-state index in [1.54, 1.807) is 6.07 Å². The predicted molar refractivity (Wildman–Crippen MR) is 136 cm³/mol. The Kier molecular flexibility index (Phi) is 6.34. The Balaban J connectivity index is 1.16. The van der Waals surface area contributed by atoms with Gasteiger partial charge < -0.3 is 10.2 Å². The highest BCUT2D eigenvalue weighted by Crippen LogP contribution is 2.26. The molecule has 0 aliphatic carbocycles. The number of aromatic amines is 1. The highest BCUT2D eigenvalue weighted by atomic mass is 16.2. The van der Waals surface area contributed by atoms with Crippen molar-refractivity contribution in [3.63, 3.8) is 0 Å². The van der Waals surface area contributed by atoms with Gasteiger partial charge in [-0.2, -0.15) is 5.10 Å². The Bertz CT molecular complexity index is 1350. The number of aromatic nitrogens is 4. The topological polar surface area (TPSA) is 104 Å². The summed E-state index contributed by atoms with van der Waals surface area (Å²) in [4.78, 5) is 26.2. The number of rotatable bonds is 5. The molecule has 0 spiro atoms. The molecule has 0 saturated carbocycles. The maximum Gasteiger partial charge on any atom is 0.264 e. The molecule has 1 amide bonds. The Labute approximate surface area is 203 Å². The Hall–Kier alpha value is -4.33. The molecule has 2 aromatic carbocycles. The number of H-pyrrole nitrogens is 1. The van der Waals surface area contributed by atoms with Crippen LogP contribution in [-0.4, -0.2) is 39.4 Å². The largest absolute Gasteiger partial charge is 0.355 e. The van der Waals surface area contributed by atoms with E-state index < -0.39 is 0 Å². The molecule has 1 saturated heterocycles. The summed E-state index contributed by atoms with van der Waals surface area (Å²) < 4.78 is 0. The summed E-state index contributed by atoms with van der Waals surface area (Å²) in [6, 6.07) is 22.7. The van der Waals surface area contributed by atoms with Gasteiger partial charge in [-0.15, -0.1) is 10.2 Å². The van der Waals surface area contributed by atoms with Crippen LogP contribution in [0.3, 0.4) is 0 Å². The third-order valence-electron chi connectivity index (χ3n) is 6.39. The van der Waals surface area contributed by atoms with Crippen LogP contribution >= 0.6 is 0 Å². The number of carbonyl (C=O) groups is 1. The van der Waals surface area contributed by atoms with Gasteiger partial charge >= 0.3 is 0 Å². The molecular weight excluding hydrogens is 440 g/mol. The van der Waals surface area contributed by atoms with Crippen molar-refractivity contribution in [2.75, 3.05) is 23.3 Å². The van der Waals surface area contributed by atoms with Gasteiger partial charge in [-0.3, -0.25) is 9.59 Å². The highest BCUT2D eigenvalue weighted by Gasteiger charge is 2.26. The minimum atomic E-state index is -0.241. The van der Waals surface area contributed by atoms with Crippen LogP contribution in [0.25, 0.3) is 22.5 Å². The highest BCUT2D eigenvalue weighted by molar-refractivity contribution is 5.93. The smallest absolute Gasteiger partial charge is 0.264 e. The summed E-state index contributed by atoms with van der Waals surface area (Å²) in [5, 5.41) is 18.4. The zero-order valence-electron chi connectivity index (χ0n) is 19.4. The van der Waals surface area contributed by atoms with Crippen LogP contribution in [0.2, 0.25) is 0 Å². The second-order valence-electron chi connectivity index (χ2n) is 8.73. The molecule has 5 rings (SSSR count). The molecule has 1 fully saturated rings. The molecular formula is C27H26N6O2. The third-order valence-corrected chi connectivity index (χ3v) is 6.39. The quantitative estimate of drug-likeness (QED) is 0.460. The van der Waals surface area contributed by atoms with Crippen molar-refractivity contribution in [1.29, 1.82) is 0 Å². The van der Waals surface area contributed by atoms with Crippen LogP contribution in [0.15, 0.2) is 77.6 Å². The number of nitrogens with zero attached hydrogens (tertiary/aromatic N) is 4. The molecule has 0 bridgehead atoms. The third kappa shape index (κ3) is 5.11. The average Bonchev–Trinajstić information content (AvgIpc) is 2.90. The molecule has 4 aromatic rings. The second-order valence-corrected chi connectivity index (χ2v) is 8.73. The summed E-state index contributed by atoms with van der Waals surface area (Å²) in [5.74, 6) is 0.819. The summed E-state index contributed by atoms with van der Waals surface area (Å²) in [7, 11) is 0. The Morgan fingerprint density at radius 1 is 0.914 bits per heavy atom. The number of amides is 1. The van der Waals surface area contributed by atoms with Crippen molar-refractivity contribution in [3.8, 4) is 22.5 Å². The van der Waals surface area contributed by atoms with Crippen molar-refractivity contribution in [2.24, 2.45) is 5.92 Å². The fourth-order valence-corrected chi connectivity index (χ4v) is 4.34. The second kappa shape index (κ2) is 9.89. The Morgan fingerprint density at radius 3 is 2.31 bits per heavy atom. The lowest BCUT2D eigenvalue weighted by molar-refractivity contribution is -0.120. The number of anilines is 2. The van der Waals surface area contributed by atoms with Gasteiger partial charge in [0, 0.05) is 41.9 Å². The molecule has 1 aliphatic rings. The van der Waals surface area contributed by atoms with E-state index in [-0.39, 0.29) is 17.4 Å². The monoisotopic (exact) mass is 466 g/mol. The van der Waals surface area contributed by atoms with Crippen LogP contribution in [0.1, 0.15) is 18.4 Å². The van der Waals surface area contributed by atoms with Gasteiger partial charge in [-0.1, -0.05) is 36.4 Å². The molecule has 2 aromatic heterocycles. The normalized spacial score (nSPS) is 14.0. The first-order valence-corrected chi connectivity index (χ1v) is 11.7. The molecule has 2 N–H and O–H groups in total. The maximum absolute atomic E-state index is 12.8. The van der Waals surface area contributed by atoms with Gasteiger partial charge in [-0.25, -0.2) is 5.10 Å². The molecule has 0 unspecified atom stereocenters. The number of piperidine rings is 1. The van der Waals surface area contributed by atoms with Gasteiger partial charge in [0.05, 0.1) is 11.4 Å². The van der Waals surface area contributed by atoms with Gasteiger partial charge in [0.1, 0.15) is 0 Å². The Morgan fingerprint density at radius 2 is 1.66 bits per heavy atom. The molecule has 8 heteroatoms. The first kappa shape index (κ1) is 22.5. The van der Waals surface area contributed by atoms with Crippen LogP contribution in [-0.2, 0) is 4.79 Å². The minimum absolute atomic E-state index is 0.0283. The molecule has 3 heterocycles. The zero-order valence-corrected chi connectivity index (χ0v) is 19.4. The van der Waals surface area contributed by atoms with E-state index in [0.29, 0.717) is 5.69 Å². The lowest BCUT2D eigenvalue weighted by Crippen LogP contribution is -2.38. The number of hydrogen-bond acceptors (Lipinski definition) is 6. The molecule has 35 heavy (non-hydrogen) atoms. The summed E-state index contributed by atoms with van der Waals surface area (Å²) in [6.07, 6.45) is 1.51. The van der Waals surface area contributed by atoms with Crippen molar-refractivity contribution < 1.29 is 4.79 Å². The number of nitrogens with one attached hydrogen (secondary N) is 2. The van der Waals surface area contributed by atoms with Crippen LogP contribution in [0.4, 0.5) is 11.5 Å². The first-order chi connectivity index (χ1) is 17.1. The van der Waals surface area contributed by atoms with Gasteiger partial charge in [0.25, 0.3) is 5.56 Å². The fraction of sp³-hybridized carbons (Fsp3) is 0.222. The lowest BCUT2D eigenvalue weighted by Gasteiger charge is -2.31. The lowest BCUT2D eigenvalue weighted by atomic mass is 9.95. The SMILES string of the molecule is Cc1ccccc1-c1ccc(N2CCC(C(=O)Nc3ccc(-c4ccc(=O)[nH]n4)cc3)CC2)nn1. The van der Waals surface area contributed by atoms with Crippen LogP contribution < -0.4 is 15.8 Å². The van der Waals surface area contributed by atoms with E-state index in [1.807, 2.05) is 48.5 Å². The predicted octanol–water partition coefficient (Wildman–Crippen LogP) is 4.06. The summed E-state index contributed by atoms with van der Waals surface area (Å²) >= 11 is 0. The summed E-state index contributed by atoms with van der Waals surface area (Å²) in [5.41, 5.74) is 5.16. The first-order valence-electron chi connectivity index (χ1n) is 11.7. The van der Waals surface area contributed by atoms with Crippen LogP contribution in [0.5, 0.6) is 0 Å². The van der Waals surface area contributed by atoms with Crippen molar-refractivity contribution in [3.05, 3.63) is 88.7 Å². The minimum Gasteiger partial charge on any atom is -0.355 e. The van der Waals surface area contributed by atoms with E-state index in [9.17, 15) is 9.59 Å². The van der Waals surface area contributed by atoms with E-state index >= 15 is 0 Å². The number of carbonyl (C=O) groups excluding carboxylic acids is 1. The fourth-order valence-electron chi connectivity index (χ4n) is 4.34. The van der Waals surface area contributed by atoms with Crippen molar-refractivity contribution in [2.45, 2.75) is 19.8 Å². The number of aryl methyl sites for hydroxylation is 1. The molecule has 1 aliphatic heterocycles. The number of benzene rings is 2. The molecule has 0 atom stereocenters. The number of hydrogen-bond donors (Lipinski definition) is 2. The maximum atomic E-state index is 12.8. The van der Waals surface area contributed by atoms with E-state index in [0.717, 1.165) is 54.3 Å². The standard InChI is InChI=1S/C27H26N6O2/c1-18-4-2-3-5-22(18)24-10-12-25(31-30-24)33-16-14-20(15-17-33)27(35)28-21-8-6-19(7-9-21)23-11-13-26(34)32-29-23/h2-13,20H,14-17H2,1H3,(H,28,35)(H,32,34). The molecule has 8 nitrogen and oxygen atoms in total. The molecule has 0 radical (unpaired) electrons. The van der Waals surface area contributed by atoms with Crippen molar-refractivity contribution >= 4 is 17.4 Å². The van der Waals surface area contributed by atoms with Crippen LogP contribution in [0, 0.1) is 12.8 Å². The van der Waals surface area contributed by atoms with E-state index in [4.69, 9.17) is 0 Å². The van der Waals surface area contributed by atoms with Crippen molar-refractivity contribution in [1.82, 2.24) is 20.4 Å². The zero-order chi connectivity index (χ0) is 24.2.